The van der Waals surface area contributed by atoms with Crippen LogP contribution in [0.5, 0.6) is 0 Å². The maximum Gasteiger partial charge on any atom is 0.261 e. The number of carbonyl (C=O) groups excluding carboxylic acids is 1. The monoisotopic (exact) mass is 668 g/mol. The Morgan fingerprint density at radius 2 is 1.58 bits per heavy atom. The predicted octanol–water partition coefficient (Wildman–Crippen LogP) is 1.45. The molecule has 4 aromatic rings. The largest absolute Gasteiger partial charge is 0.397 e. The van der Waals surface area contributed by atoms with Crippen molar-refractivity contribution in [3.8, 4) is 11.4 Å². The van der Waals surface area contributed by atoms with Crippen molar-refractivity contribution in [1.29, 1.82) is 0 Å². The lowest BCUT2D eigenvalue weighted by Gasteiger charge is -2.36. The molecule has 1 fully saturated rings. The number of hydrogen-bond acceptors (Lipinski definition) is 11. The Balaban J connectivity index is 0.982. The second-order valence-corrected chi connectivity index (χ2v) is 11.4. The zero-order chi connectivity index (χ0) is 33.7. The first-order valence-corrected chi connectivity index (χ1v) is 16.3. The minimum atomic E-state index is -0.509. The topological polar surface area (TPSA) is 186 Å². The van der Waals surface area contributed by atoms with E-state index in [1.54, 1.807) is 6.07 Å². The van der Waals surface area contributed by atoms with Crippen LogP contribution in [0.25, 0.3) is 33.3 Å². The van der Waals surface area contributed by atoms with Crippen molar-refractivity contribution in [2.45, 2.75) is 6.42 Å². The summed E-state index contributed by atoms with van der Waals surface area (Å²) in [6.07, 6.45) is 0.301. The van der Waals surface area contributed by atoms with E-state index in [4.69, 9.17) is 30.4 Å². The molecule has 0 spiro atoms. The van der Waals surface area contributed by atoms with Crippen LogP contribution < -0.4 is 27.2 Å². The van der Waals surface area contributed by atoms with Gasteiger partial charge < -0.3 is 50.6 Å². The molecule has 1 aliphatic rings. The number of fused-ring (bicyclic) bond motifs is 2. The Morgan fingerprint density at radius 3 is 2.29 bits per heavy atom. The number of carbonyl (C=O) groups is 1. The number of ether oxygens (including phenoxy) is 4. The highest BCUT2D eigenvalue weighted by molar-refractivity contribution is 5.98. The molecular formula is C33H45FN8O6. The van der Waals surface area contributed by atoms with E-state index in [0.29, 0.717) is 83.4 Å². The third-order valence-electron chi connectivity index (χ3n) is 8.07. The number of nitrogens with zero attached hydrogens (tertiary/aromatic N) is 3. The van der Waals surface area contributed by atoms with Crippen molar-refractivity contribution in [1.82, 2.24) is 25.2 Å². The van der Waals surface area contributed by atoms with Crippen LogP contribution in [0.1, 0.15) is 6.42 Å². The Labute approximate surface area is 277 Å². The molecular weight excluding hydrogens is 623 g/mol. The van der Waals surface area contributed by atoms with Crippen LogP contribution in [0.4, 0.5) is 15.8 Å². The number of benzene rings is 2. The Kier molecular flexibility index (Phi) is 13.1. The van der Waals surface area contributed by atoms with E-state index in [9.17, 15) is 14.0 Å². The molecule has 2 aromatic carbocycles. The molecule has 0 atom stereocenters. The summed E-state index contributed by atoms with van der Waals surface area (Å²) >= 11 is 0. The average Bonchev–Trinajstić information content (AvgIpc) is 3.50. The van der Waals surface area contributed by atoms with Crippen LogP contribution in [0.3, 0.4) is 0 Å². The van der Waals surface area contributed by atoms with Gasteiger partial charge in [0.1, 0.15) is 17.2 Å². The maximum absolute atomic E-state index is 14.5. The van der Waals surface area contributed by atoms with Crippen molar-refractivity contribution in [2.75, 3.05) is 109 Å². The maximum atomic E-state index is 14.5. The summed E-state index contributed by atoms with van der Waals surface area (Å²) in [6, 6.07) is 10.4. The van der Waals surface area contributed by atoms with Gasteiger partial charge in [0, 0.05) is 57.9 Å². The number of rotatable bonds is 19. The number of aromatic amines is 2. The Morgan fingerprint density at radius 1 is 0.896 bits per heavy atom. The van der Waals surface area contributed by atoms with Gasteiger partial charge in [-0.1, -0.05) is 6.07 Å². The molecule has 2 aromatic heterocycles. The highest BCUT2D eigenvalue weighted by atomic mass is 19.1. The molecule has 1 saturated heterocycles. The number of pyridine rings is 1. The zero-order valence-electron chi connectivity index (χ0n) is 27.1. The summed E-state index contributed by atoms with van der Waals surface area (Å²) in [7, 11) is 0. The van der Waals surface area contributed by atoms with E-state index in [1.165, 1.54) is 12.1 Å². The third kappa shape index (κ3) is 9.49. The second kappa shape index (κ2) is 17.9. The fourth-order valence-corrected chi connectivity index (χ4v) is 5.56. The predicted molar refractivity (Wildman–Crippen MR) is 183 cm³/mol. The molecule has 48 heavy (non-hydrogen) atoms. The van der Waals surface area contributed by atoms with Crippen molar-refractivity contribution >= 4 is 39.2 Å². The first-order chi connectivity index (χ1) is 23.4. The van der Waals surface area contributed by atoms with Crippen LogP contribution in [-0.2, 0) is 23.7 Å². The van der Waals surface area contributed by atoms with Gasteiger partial charge in [0.2, 0.25) is 5.91 Å². The number of H-pyrrole nitrogens is 2. The molecule has 5 rings (SSSR count). The van der Waals surface area contributed by atoms with E-state index >= 15 is 0 Å². The summed E-state index contributed by atoms with van der Waals surface area (Å²) in [5.41, 5.74) is 14.1. The number of aromatic nitrogens is 3. The number of nitrogens with two attached hydrogens (primary N) is 2. The van der Waals surface area contributed by atoms with E-state index < -0.39 is 11.4 Å². The van der Waals surface area contributed by atoms with Crippen molar-refractivity contribution in [3.63, 3.8) is 0 Å². The first-order valence-electron chi connectivity index (χ1n) is 16.3. The highest BCUT2D eigenvalue weighted by Gasteiger charge is 2.20. The van der Waals surface area contributed by atoms with Gasteiger partial charge in [0.25, 0.3) is 5.56 Å². The quantitative estimate of drug-likeness (QED) is 0.0911. The number of piperazine rings is 1. The molecule has 1 amide bonds. The molecule has 0 unspecified atom stereocenters. The van der Waals surface area contributed by atoms with Crippen LogP contribution in [-0.4, -0.2) is 124 Å². The van der Waals surface area contributed by atoms with Gasteiger partial charge in [0.05, 0.1) is 80.5 Å². The standard InChI is InChI=1S/C33H45FN8O6/c34-24-2-1-3-26-29(24)31(36)30(33(44)40-26)32-38-25-5-4-23(22-27(25)39-32)42-12-10-41(11-13-42)9-8-37-28(43)6-14-45-16-18-47-20-21-48-19-17-46-15-7-35/h1-5,22H,6-21,35H2,(H,37,43)(H,38,39)(H3,36,40,44). The summed E-state index contributed by atoms with van der Waals surface area (Å²) in [6.45, 7) is 8.92. The SMILES string of the molecule is NCCOCCOCCOCCOCCC(=O)NCCN1CCN(c2ccc3[nH]c(-c4c(N)c5c(F)cccc5[nH]c4=O)nc3c2)CC1. The molecule has 0 radical (unpaired) electrons. The number of halogens is 1. The second-order valence-electron chi connectivity index (χ2n) is 11.4. The number of hydrogen-bond donors (Lipinski definition) is 5. The van der Waals surface area contributed by atoms with Crippen LogP contribution in [0.2, 0.25) is 0 Å². The number of nitrogens with one attached hydrogen (secondary N) is 3. The van der Waals surface area contributed by atoms with Crippen molar-refractivity contribution in [3.05, 3.63) is 52.6 Å². The van der Waals surface area contributed by atoms with Gasteiger partial charge in [-0.3, -0.25) is 14.5 Å². The molecule has 0 aliphatic carbocycles. The average molecular weight is 669 g/mol. The lowest BCUT2D eigenvalue weighted by atomic mass is 10.1. The van der Waals surface area contributed by atoms with E-state index in [-0.39, 0.29) is 28.4 Å². The minimum Gasteiger partial charge on any atom is -0.397 e. The third-order valence-corrected chi connectivity index (χ3v) is 8.07. The molecule has 3 heterocycles. The fourth-order valence-electron chi connectivity index (χ4n) is 5.56. The summed E-state index contributed by atoms with van der Waals surface area (Å²) < 4.78 is 36.1. The van der Waals surface area contributed by atoms with Gasteiger partial charge in [-0.15, -0.1) is 0 Å². The van der Waals surface area contributed by atoms with E-state index in [2.05, 4.69) is 30.1 Å². The van der Waals surface area contributed by atoms with Gasteiger partial charge in [-0.25, -0.2) is 9.37 Å². The van der Waals surface area contributed by atoms with Gasteiger partial charge >= 0.3 is 0 Å². The van der Waals surface area contributed by atoms with Crippen LogP contribution in [0, 0.1) is 5.82 Å². The van der Waals surface area contributed by atoms with E-state index in [0.717, 1.165) is 43.9 Å². The van der Waals surface area contributed by atoms with Gasteiger partial charge in [-0.05, 0) is 30.3 Å². The van der Waals surface area contributed by atoms with Gasteiger partial charge in [-0.2, -0.15) is 0 Å². The smallest absolute Gasteiger partial charge is 0.261 e. The lowest BCUT2D eigenvalue weighted by molar-refractivity contribution is -0.122. The normalized spacial score (nSPS) is 13.9. The Hall–Kier alpha value is -4.12. The molecule has 1 aliphatic heterocycles. The molecule has 260 valence electrons. The van der Waals surface area contributed by atoms with Crippen LogP contribution in [0.15, 0.2) is 41.2 Å². The summed E-state index contributed by atoms with van der Waals surface area (Å²) in [4.78, 5) is 40.2. The molecule has 0 saturated carbocycles. The van der Waals surface area contributed by atoms with E-state index in [1.807, 2.05) is 18.2 Å². The number of amides is 1. The van der Waals surface area contributed by atoms with Gasteiger partial charge in [0.15, 0.2) is 0 Å². The van der Waals surface area contributed by atoms with Crippen molar-refractivity contribution in [2.24, 2.45) is 5.73 Å². The first kappa shape index (κ1) is 35.2. The molecule has 0 bridgehead atoms. The summed E-state index contributed by atoms with van der Waals surface area (Å²) in [5, 5.41) is 3.13. The zero-order valence-corrected chi connectivity index (χ0v) is 27.1. The summed E-state index contributed by atoms with van der Waals surface area (Å²) in [5.74, 6) is -0.258. The van der Waals surface area contributed by atoms with Crippen LogP contribution >= 0.6 is 0 Å². The lowest BCUT2D eigenvalue weighted by Crippen LogP contribution is -2.48. The van der Waals surface area contributed by atoms with Crippen molar-refractivity contribution < 1.29 is 28.1 Å². The highest BCUT2D eigenvalue weighted by Crippen LogP contribution is 2.31. The minimum absolute atomic E-state index is 0.0379. The molecule has 15 heteroatoms. The Bertz CT molecular complexity index is 1690. The fraction of sp³-hybridized carbons (Fsp3) is 0.485. The number of nitrogen functional groups attached to an aromatic ring is 1. The molecule has 7 N–H and O–H groups in total. The molecule has 14 nitrogen and oxygen atoms in total. The number of anilines is 2. The number of imidazole rings is 1.